The lowest BCUT2D eigenvalue weighted by Crippen LogP contribution is -2.52. The molecule has 1 aromatic carbocycles. The van der Waals surface area contributed by atoms with Crippen LogP contribution in [0.5, 0.6) is 0 Å². The van der Waals surface area contributed by atoms with Crippen LogP contribution in [0.3, 0.4) is 0 Å². The first-order valence-corrected chi connectivity index (χ1v) is 9.15. The summed E-state index contributed by atoms with van der Waals surface area (Å²) in [5, 5.41) is 0.705. The van der Waals surface area contributed by atoms with E-state index in [1.165, 1.54) is 25.7 Å². The quantitative estimate of drug-likeness (QED) is 0.824. The molecule has 0 bridgehead atoms. The fourth-order valence-electron chi connectivity index (χ4n) is 4.30. The van der Waals surface area contributed by atoms with Crippen LogP contribution in [0.2, 0.25) is 5.02 Å². The zero-order valence-corrected chi connectivity index (χ0v) is 14.3. The summed E-state index contributed by atoms with van der Waals surface area (Å²) in [5.74, 6) is 0.290. The molecule has 1 saturated carbocycles. The molecule has 23 heavy (non-hydrogen) atoms. The van der Waals surface area contributed by atoms with Gasteiger partial charge in [0, 0.05) is 31.3 Å². The molecular formula is C19H24ClNO2. The summed E-state index contributed by atoms with van der Waals surface area (Å²) < 4.78 is 5.55. The Morgan fingerprint density at radius 2 is 1.74 bits per heavy atom. The number of likely N-dealkylation sites (tertiary alicyclic amines) is 1. The first-order chi connectivity index (χ1) is 11.1. The minimum atomic E-state index is -0.447. The van der Waals surface area contributed by atoms with Gasteiger partial charge in [0.15, 0.2) is 0 Å². The van der Waals surface area contributed by atoms with E-state index in [9.17, 15) is 4.79 Å². The molecule has 1 aliphatic carbocycles. The molecule has 124 valence electrons. The van der Waals surface area contributed by atoms with Gasteiger partial charge >= 0.3 is 0 Å². The van der Waals surface area contributed by atoms with E-state index in [0.29, 0.717) is 29.6 Å². The van der Waals surface area contributed by atoms with Gasteiger partial charge in [0.25, 0.3) is 0 Å². The number of carbonyl (C=O) groups is 1. The van der Waals surface area contributed by atoms with E-state index < -0.39 is 5.41 Å². The van der Waals surface area contributed by atoms with E-state index in [4.69, 9.17) is 16.3 Å². The third-order valence-corrected chi connectivity index (χ3v) is 6.44. The van der Waals surface area contributed by atoms with Crippen molar-refractivity contribution in [1.29, 1.82) is 0 Å². The van der Waals surface area contributed by atoms with Gasteiger partial charge in [0.2, 0.25) is 5.91 Å². The third-order valence-electron chi connectivity index (χ3n) is 6.20. The lowest BCUT2D eigenvalue weighted by molar-refractivity contribution is -0.143. The van der Waals surface area contributed by atoms with Crippen molar-refractivity contribution < 1.29 is 9.53 Å². The van der Waals surface area contributed by atoms with Gasteiger partial charge in [0.05, 0.1) is 5.41 Å². The molecule has 0 radical (unpaired) electrons. The maximum atomic E-state index is 13.4. The van der Waals surface area contributed by atoms with E-state index in [1.807, 2.05) is 18.2 Å². The first-order valence-electron chi connectivity index (χ1n) is 8.77. The number of halogens is 1. The Kier molecular flexibility index (Phi) is 3.89. The predicted molar refractivity (Wildman–Crippen MR) is 90.7 cm³/mol. The fourth-order valence-corrected chi connectivity index (χ4v) is 4.49. The maximum absolute atomic E-state index is 13.4. The number of ether oxygens (including phenoxy) is 1. The molecule has 4 rings (SSSR count). The van der Waals surface area contributed by atoms with Crippen molar-refractivity contribution >= 4 is 17.5 Å². The lowest BCUT2D eigenvalue weighted by atomic mass is 9.72. The van der Waals surface area contributed by atoms with Gasteiger partial charge in [-0.3, -0.25) is 4.79 Å². The number of piperidine rings is 1. The highest BCUT2D eigenvalue weighted by Crippen LogP contribution is 2.54. The van der Waals surface area contributed by atoms with Gasteiger partial charge in [-0.05, 0) is 61.6 Å². The fraction of sp³-hybridized carbons (Fsp3) is 0.632. The van der Waals surface area contributed by atoms with Gasteiger partial charge in [-0.2, -0.15) is 0 Å². The molecule has 0 aromatic heterocycles. The van der Waals surface area contributed by atoms with Gasteiger partial charge in [-0.1, -0.05) is 23.7 Å². The molecule has 4 heteroatoms. The van der Waals surface area contributed by atoms with Crippen LogP contribution >= 0.6 is 11.6 Å². The molecule has 1 aromatic rings. The summed E-state index contributed by atoms with van der Waals surface area (Å²) in [7, 11) is 0. The molecule has 0 atom stereocenters. The molecule has 2 saturated heterocycles. The highest BCUT2D eigenvalue weighted by Gasteiger charge is 2.49. The van der Waals surface area contributed by atoms with Crippen LogP contribution in [0.1, 0.15) is 44.1 Å². The number of benzene rings is 1. The van der Waals surface area contributed by atoms with E-state index >= 15 is 0 Å². The molecular weight excluding hydrogens is 310 g/mol. The van der Waals surface area contributed by atoms with Crippen molar-refractivity contribution in [2.24, 2.45) is 5.41 Å². The Bertz CT molecular complexity index is 595. The molecule has 1 amide bonds. The smallest absolute Gasteiger partial charge is 0.233 e. The second-order valence-corrected chi connectivity index (χ2v) is 7.93. The minimum Gasteiger partial charge on any atom is -0.381 e. The summed E-state index contributed by atoms with van der Waals surface area (Å²) >= 11 is 6.21. The Balaban J connectivity index is 1.61. The Hall–Kier alpha value is -1.06. The SMILES string of the molecule is O=C(N1CCC2(CC1)CC2)C1(c2cccc(Cl)c2)CCOCC1. The van der Waals surface area contributed by atoms with Crippen LogP contribution in [-0.2, 0) is 14.9 Å². The standard InChI is InChI=1S/C19H24ClNO2/c20-16-3-1-2-15(14-16)19(8-12-23-13-9-19)17(22)21-10-6-18(4-5-18)7-11-21/h1-3,14H,4-13H2. The van der Waals surface area contributed by atoms with Crippen molar-refractivity contribution in [2.45, 2.75) is 43.9 Å². The monoisotopic (exact) mass is 333 g/mol. The molecule has 3 fully saturated rings. The molecule has 0 N–H and O–H groups in total. The van der Waals surface area contributed by atoms with Crippen LogP contribution in [0.15, 0.2) is 24.3 Å². The average molecular weight is 334 g/mol. The van der Waals surface area contributed by atoms with E-state index in [1.54, 1.807) is 0 Å². The van der Waals surface area contributed by atoms with Crippen molar-refractivity contribution in [3.8, 4) is 0 Å². The number of nitrogens with zero attached hydrogens (tertiary/aromatic N) is 1. The van der Waals surface area contributed by atoms with Gasteiger partial charge < -0.3 is 9.64 Å². The van der Waals surface area contributed by atoms with Crippen molar-refractivity contribution in [1.82, 2.24) is 4.90 Å². The molecule has 3 aliphatic rings. The Morgan fingerprint density at radius 3 is 2.35 bits per heavy atom. The zero-order chi connectivity index (χ0) is 15.9. The summed E-state index contributed by atoms with van der Waals surface area (Å²) in [5.41, 5.74) is 1.21. The molecule has 1 spiro atoms. The van der Waals surface area contributed by atoms with Gasteiger partial charge in [-0.25, -0.2) is 0 Å². The lowest BCUT2D eigenvalue weighted by Gasteiger charge is -2.42. The van der Waals surface area contributed by atoms with Gasteiger partial charge in [0.1, 0.15) is 0 Å². The highest BCUT2D eigenvalue weighted by molar-refractivity contribution is 6.30. The number of carbonyl (C=O) groups excluding carboxylic acids is 1. The van der Waals surface area contributed by atoms with Crippen molar-refractivity contribution in [2.75, 3.05) is 26.3 Å². The van der Waals surface area contributed by atoms with Crippen LogP contribution in [-0.4, -0.2) is 37.1 Å². The van der Waals surface area contributed by atoms with Crippen LogP contribution in [0, 0.1) is 5.41 Å². The van der Waals surface area contributed by atoms with Crippen LogP contribution in [0.4, 0.5) is 0 Å². The van der Waals surface area contributed by atoms with E-state index in [0.717, 1.165) is 31.5 Å². The largest absolute Gasteiger partial charge is 0.381 e. The summed E-state index contributed by atoms with van der Waals surface area (Å²) in [6.45, 7) is 3.13. The first kappa shape index (κ1) is 15.5. The van der Waals surface area contributed by atoms with Gasteiger partial charge in [-0.15, -0.1) is 0 Å². The normalized spacial score (nSPS) is 25.3. The van der Waals surface area contributed by atoms with E-state index in [-0.39, 0.29) is 0 Å². The number of hydrogen-bond acceptors (Lipinski definition) is 2. The second-order valence-electron chi connectivity index (χ2n) is 7.50. The topological polar surface area (TPSA) is 29.5 Å². The molecule has 2 aliphatic heterocycles. The highest BCUT2D eigenvalue weighted by atomic mass is 35.5. The minimum absolute atomic E-state index is 0.290. The zero-order valence-electron chi connectivity index (χ0n) is 13.5. The molecule has 2 heterocycles. The maximum Gasteiger partial charge on any atom is 0.233 e. The number of amides is 1. The third kappa shape index (κ3) is 2.78. The second kappa shape index (κ2) is 5.78. The average Bonchev–Trinajstić information content (AvgIpc) is 3.35. The van der Waals surface area contributed by atoms with Crippen LogP contribution in [0.25, 0.3) is 0 Å². The Morgan fingerprint density at radius 1 is 1.04 bits per heavy atom. The van der Waals surface area contributed by atoms with Crippen molar-refractivity contribution in [3.05, 3.63) is 34.9 Å². The summed E-state index contributed by atoms with van der Waals surface area (Å²) in [4.78, 5) is 15.6. The number of hydrogen-bond donors (Lipinski definition) is 0. The Labute approximate surface area is 142 Å². The van der Waals surface area contributed by atoms with Crippen LogP contribution < -0.4 is 0 Å². The summed E-state index contributed by atoms with van der Waals surface area (Å²) in [6.07, 6.45) is 6.61. The molecule has 0 unspecified atom stereocenters. The predicted octanol–water partition coefficient (Wildman–Crippen LogP) is 3.79. The van der Waals surface area contributed by atoms with Crippen molar-refractivity contribution in [3.63, 3.8) is 0 Å². The molecule has 3 nitrogen and oxygen atoms in total. The van der Waals surface area contributed by atoms with E-state index in [2.05, 4.69) is 11.0 Å². The number of rotatable bonds is 2. The summed E-state index contributed by atoms with van der Waals surface area (Å²) in [6, 6.07) is 7.86.